The minimum absolute atomic E-state index is 0.0118. The average Bonchev–Trinajstić information content (AvgIpc) is 3.25. The van der Waals surface area contributed by atoms with Crippen LogP contribution in [0.2, 0.25) is 0 Å². The van der Waals surface area contributed by atoms with Crippen molar-refractivity contribution < 1.29 is 9.59 Å². The van der Waals surface area contributed by atoms with E-state index in [1.807, 2.05) is 29.2 Å². The molecule has 1 fully saturated rings. The van der Waals surface area contributed by atoms with Crippen LogP contribution in [0.5, 0.6) is 0 Å². The SMILES string of the molecule is Cc1ccc(C(C)(C)C)cc1SCC(=O)NCc1ccc(C(=O)N2CCCC2)cc1. The highest BCUT2D eigenvalue weighted by molar-refractivity contribution is 8.00. The number of rotatable bonds is 6. The van der Waals surface area contributed by atoms with Crippen LogP contribution < -0.4 is 5.32 Å². The molecule has 0 saturated carbocycles. The fourth-order valence-corrected chi connectivity index (χ4v) is 4.38. The van der Waals surface area contributed by atoms with Crippen molar-refractivity contribution in [3.63, 3.8) is 0 Å². The molecule has 0 atom stereocenters. The molecule has 0 unspecified atom stereocenters. The molecule has 0 aromatic heterocycles. The largest absolute Gasteiger partial charge is 0.351 e. The third kappa shape index (κ3) is 5.88. The highest BCUT2D eigenvalue weighted by atomic mass is 32.2. The monoisotopic (exact) mass is 424 g/mol. The summed E-state index contributed by atoms with van der Waals surface area (Å²) in [6.45, 7) is 10.9. The molecule has 1 aliphatic heterocycles. The van der Waals surface area contributed by atoms with E-state index in [0.717, 1.165) is 42.0 Å². The van der Waals surface area contributed by atoms with E-state index < -0.39 is 0 Å². The Morgan fingerprint density at radius 2 is 1.70 bits per heavy atom. The van der Waals surface area contributed by atoms with E-state index >= 15 is 0 Å². The van der Waals surface area contributed by atoms with Gasteiger partial charge in [0.05, 0.1) is 5.75 Å². The van der Waals surface area contributed by atoms with E-state index in [4.69, 9.17) is 0 Å². The zero-order chi connectivity index (χ0) is 21.7. The lowest BCUT2D eigenvalue weighted by Crippen LogP contribution is -2.27. The quantitative estimate of drug-likeness (QED) is 0.669. The van der Waals surface area contributed by atoms with Crippen molar-refractivity contribution in [2.24, 2.45) is 0 Å². The molecule has 2 amide bonds. The Labute approximate surface area is 184 Å². The maximum atomic E-state index is 12.4. The Kier molecular flexibility index (Phi) is 7.24. The lowest BCUT2D eigenvalue weighted by molar-refractivity contribution is -0.118. The number of carbonyl (C=O) groups is 2. The van der Waals surface area contributed by atoms with Gasteiger partial charge in [-0.2, -0.15) is 0 Å². The zero-order valence-electron chi connectivity index (χ0n) is 18.5. The molecule has 1 N–H and O–H groups in total. The molecule has 160 valence electrons. The number of nitrogens with one attached hydrogen (secondary N) is 1. The molecule has 0 spiro atoms. The van der Waals surface area contributed by atoms with Gasteiger partial charge in [-0.05, 0) is 60.1 Å². The molecule has 30 heavy (non-hydrogen) atoms. The van der Waals surface area contributed by atoms with E-state index in [9.17, 15) is 9.59 Å². The first kappa shape index (κ1) is 22.4. The smallest absolute Gasteiger partial charge is 0.253 e. The van der Waals surface area contributed by atoms with Crippen molar-refractivity contribution in [3.05, 3.63) is 64.7 Å². The van der Waals surface area contributed by atoms with Crippen LogP contribution in [-0.4, -0.2) is 35.6 Å². The van der Waals surface area contributed by atoms with Crippen LogP contribution in [-0.2, 0) is 16.8 Å². The summed E-state index contributed by atoms with van der Waals surface area (Å²) in [6, 6.07) is 14.1. The highest BCUT2D eigenvalue weighted by Crippen LogP contribution is 2.29. The van der Waals surface area contributed by atoms with Gasteiger partial charge in [-0.15, -0.1) is 11.8 Å². The van der Waals surface area contributed by atoms with Crippen molar-refractivity contribution in [2.75, 3.05) is 18.8 Å². The molecule has 2 aromatic carbocycles. The first-order valence-corrected chi connectivity index (χ1v) is 11.6. The fourth-order valence-electron chi connectivity index (χ4n) is 3.49. The molecule has 0 bridgehead atoms. The van der Waals surface area contributed by atoms with Crippen molar-refractivity contribution in [1.29, 1.82) is 0 Å². The van der Waals surface area contributed by atoms with Gasteiger partial charge in [0, 0.05) is 30.1 Å². The van der Waals surface area contributed by atoms with E-state index in [-0.39, 0.29) is 17.2 Å². The lowest BCUT2D eigenvalue weighted by atomic mass is 9.87. The van der Waals surface area contributed by atoms with Gasteiger partial charge in [-0.1, -0.05) is 45.0 Å². The summed E-state index contributed by atoms with van der Waals surface area (Å²) >= 11 is 1.58. The number of nitrogens with zero attached hydrogens (tertiary/aromatic N) is 1. The van der Waals surface area contributed by atoms with Crippen LogP contribution >= 0.6 is 11.8 Å². The van der Waals surface area contributed by atoms with E-state index in [0.29, 0.717) is 12.3 Å². The van der Waals surface area contributed by atoms with Crippen LogP contribution in [0.3, 0.4) is 0 Å². The topological polar surface area (TPSA) is 49.4 Å². The molecule has 2 aromatic rings. The average molecular weight is 425 g/mol. The Balaban J connectivity index is 1.50. The Morgan fingerprint density at radius 3 is 2.33 bits per heavy atom. The Bertz CT molecular complexity index is 894. The first-order valence-electron chi connectivity index (χ1n) is 10.6. The number of aryl methyl sites for hydroxylation is 1. The molecule has 0 aliphatic carbocycles. The molecule has 3 rings (SSSR count). The molecule has 1 saturated heterocycles. The van der Waals surface area contributed by atoms with Gasteiger partial charge in [0.25, 0.3) is 5.91 Å². The normalized spacial score (nSPS) is 14.1. The van der Waals surface area contributed by atoms with Gasteiger partial charge in [0.2, 0.25) is 5.91 Å². The van der Waals surface area contributed by atoms with E-state index in [1.165, 1.54) is 11.1 Å². The number of likely N-dealkylation sites (tertiary alicyclic amines) is 1. The lowest BCUT2D eigenvalue weighted by Gasteiger charge is -2.20. The summed E-state index contributed by atoms with van der Waals surface area (Å²) in [5, 5.41) is 2.98. The van der Waals surface area contributed by atoms with Gasteiger partial charge >= 0.3 is 0 Å². The summed E-state index contributed by atoms with van der Waals surface area (Å²) in [6.07, 6.45) is 2.18. The maximum Gasteiger partial charge on any atom is 0.253 e. The summed E-state index contributed by atoms with van der Waals surface area (Å²) in [7, 11) is 0. The fraction of sp³-hybridized carbons (Fsp3) is 0.440. The molecule has 0 radical (unpaired) electrons. The number of thioether (sulfide) groups is 1. The maximum absolute atomic E-state index is 12.4. The van der Waals surface area contributed by atoms with Gasteiger partial charge in [0.1, 0.15) is 0 Å². The standard InChI is InChI=1S/C25H32N2O2S/c1-18-7-12-21(25(2,3)4)15-22(18)30-17-23(28)26-16-19-8-10-20(11-9-19)24(29)27-13-5-6-14-27/h7-12,15H,5-6,13-14,16-17H2,1-4H3,(H,26,28). The second-order valence-electron chi connectivity index (χ2n) is 8.99. The number of benzene rings is 2. The molecule has 4 nitrogen and oxygen atoms in total. The van der Waals surface area contributed by atoms with Crippen molar-refractivity contribution in [3.8, 4) is 0 Å². The van der Waals surface area contributed by atoms with Crippen LogP contribution in [0, 0.1) is 6.92 Å². The summed E-state index contributed by atoms with van der Waals surface area (Å²) in [4.78, 5) is 27.8. The molecule has 1 aliphatic rings. The number of amides is 2. The number of carbonyl (C=O) groups excluding carboxylic acids is 2. The third-order valence-electron chi connectivity index (χ3n) is 5.50. The summed E-state index contributed by atoms with van der Waals surface area (Å²) < 4.78 is 0. The number of hydrogen-bond donors (Lipinski definition) is 1. The van der Waals surface area contributed by atoms with Crippen molar-refractivity contribution >= 4 is 23.6 Å². The summed E-state index contributed by atoms with van der Waals surface area (Å²) in [5.74, 6) is 0.505. The predicted octanol–water partition coefficient (Wildman–Crippen LogP) is 4.94. The molecular weight excluding hydrogens is 392 g/mol. The van der Waals surface area contributed by atoms with Gasteiger partial charge < -0.3 is 10.2 Å². The van der Waals surface area contributed by atoms with E-state index in [1.54, 1.807) is 11.8 Å². The Morgan fingerprint density at radius 1 is 1.03 bits per heavy atom. The predicted molar refractivity (Wildman–Crippen MR) is 124 cm³/mol. The first-order chi connectivity index (χ1) is 14.2. The van der Waals surface area contributed by atoms with E-state index in [2.05, 4.69) is 51.2 Å². The highest BCUT2D eigenvalue weighted by Gasteiger charge is 2.19. The van der Waals surface area contributed by atoms with Crippen LogP contribution in [0.4, 0.5) is 0 Å². The Hall–Kier alpha value is -2.27. The van der Waals surface area contributed by atoms with Gasteiger partial charge in [-0.3, -0.25) is 9.59 Å². The molecular formula is C25H32N2O2S. The third-order valence-corrected chi connectivity index (χ3v) is 6.65. The van der Waals surface area contributed by atoms with Crippen LogP contribution in [0.1, 0.15) is 60.7 Å². The zero-order valence-corrected chi connectivity index (χ0v) is 19.3. The summed E-state index contributed by atoms with van der Waals surface area (Å²) in [5.41, 5.74) is 4.28. The second-order valence-corrected chi connectivity index (χ2v) is 10.0. The van der Waals surface area contributed by atoms with Crippen LogP contribution in [0.25, 0.3) is 0 Å². The van der Waals surface area contributed by atoms with Gasteiger partial charge in [-0.25, -0.2) is 0 Å². The molecule has 5 heteroatoms. The van der Waals surface area contributed by atoms with Gasteiger partial charge in [0.15, 0.2) is 0 Å². The minimum Gasteiger partial charge on any atom is -0.351 e. The van der Waals surface area contributed by atoms with Crippen LogP contribution in [0.15, 0.2) is 47.4 Å². The molecule has 1 heterocycles. The second kappa shape index (κ2) is 9.69. The minimum atomic E-state index is 0.0118. The van der Waals surface area contributed by atoms with Crippen molar-refractivity contribution in [2.45, 2.75) is 57.4 Å². The van der Waals surface area contributed by atoms with Crippen molar-refractivity contribution in [1.82, 2.24) is 10.2 Å². The number of hydrogen-bond acceptors (Lipinski definition) is 3.